The van der Waals surface area contributed by atoms with E-state index in [2.05, 4.69) is 20.3 Å². The first-order valence-corrected chi connectivity index (χ1v) is 8.62. The molecule has 0 amide bonds. The number of alkyl halides is 3. The maximum atomic E-state index is 13.2. The molecule has 0 saturated carbocycles. The van der Waals surface area contributed by atoms with Crippen LogP contribution in [0, 0.1) is 0 Å². The minimum absolute atomic E-state index is 0.0404. The first-order chi connectivity index (χ1) is 14.0. The first-order valence-electron chi connectivity index (χ1n) is 8.62. The Bertz CT molecular complexity index is 1000. The monoisotopic (exact) mass is 404 g/mol. The second-order valence-electron chi connectivity index (χ2n) is 5.99. The van der Waals surface area contributed by atoms with Gasteiger partial charge in [0.1, 0.15) is 18.2 Å². The van der Waals surface area contributed by atoms with Gasteiger partial charge in [-0.05, 0) is 24.3 Å². The third kappa shape index (κ3) is 4.48. The third-order valence-electron chi connectivity index (χ3n) is 3.98. The fourth-order valence-electron chi connectivity index (χ4n) is 2.63. The smallest absolute Gasteiger partial charge is 0.433 e. The summed E-state index contributed by atoms with van der Waals surface area (Å²) in [5.74, 6) is 1.80. The predicted molar refractivity (Wildman–Crippen MR) is 96.8 cm³/mol. The van der Waals surface area contributed by atoms with Crippen LogP contribution in [0.4, 0.5) is 19.0 Å². The number of anilines is 1. The van der Waals surface area contributed by atoms with Crippen LogP contribution in [0.15, 0.2) is 48.8 Å². The lowest BCUT2D eigenvalue weighted by Crippen LogP contribution is -2.15. The summed E-state index contributed by atoms with van der Waals surface area (Å²) in [5, 5.41) is 2.84. The predicted octanol–water partition coefficient (Wildman–Crippen LogP) is 3.78. The summed E-state index contributed by atoms with van der Waals surface area (Å²) in [6, 6.07) is 9.10. The number of halogens is 3. The molecule has 0 spiro atoms. The van der Waals surface area contributed by atoms with Crippen molar-refractivity contribution in [1.82, 2.24) is 15.0 Å². The van der Waals surface area contributed by atoms with Crippen molar-refractivity contribution in [3.8, 4) is 28.6 Å². The summed E-state index contributed by atoms with van der Waals surface area (Å²) < 4.78 is 55.7. The number of hydrogen-bond donors (Lipinski definition) is 1. The van der Waals surface area contributed by atoms with Crippen molar-refractivity contribution in [3.05, 3.63) is 54.5 Å². The number of rotatable bonds is 6. The van der Waals surface area contributed by atoms with Gasteiger partial charge in [0.05, 0.1) is 6.54 Å². The molecular weight excluding hydrogens is 389 g/mol. The SMILES string of the molecule is FC(F)(F)c1cc(NCCOc2ccc3c(c2)OCO3)nc(-c2ccncc2)n1. The molecule has 1 aliphatic rings. The van der Waals surface area contributed by atoms with E-state index < -0.39 is 11.9 Å². The van der Waals surface area contributed by atoms with Crippen LogP contribution in [-0.4, -0.2) is 34.9 Å². The van der Waals surface area contributed by atoms with Gasteiger partial charge in [-0.25, -0.2) is 9.97 Å². The molecule has 3 heterocycles. The van der Waals surface area contributed by atoms with Crippen LogP contribution in [0.1, 0.15) is 5.69 Å². The van der Waals surface area contributed by atoms with Crippen molar-refractivity contribution in [1.29, 1.82) is 0 Å². The zero-order chi connectivity index (χ0) is 20.3. The highest BCUT2D eigenvalue weighted by atomic mass is 19.4. The fraction of sp³-hybridized carbons (Fsp3) is 0.211. The van der Waals surface area contributed by atoms with Crippen molar-refractivity contribution in [2.75, 3.05) is 25.3 Å². The van der Waals surface area contributed by atoms with Gasteiger partial charge in [-0.1, -0.05) is 0 Å². The van der Waals surface area contributed by atoms with Crippen molar-refractivity contribution in [2.24, 2.45) is 0 Å². The second kappa shape index (κ2) is 7.82. The molecule has 150 valence electrons. The van der Waals surface area contributed by atoms with Crippen molar-refractivity contribution >= 4 is 5.82 Å². The molecule has 2 aromatic heterocycles. The molecule has 4 rings (SSSR count). The lowest BCUT2D eigenvalue weighted by molar-refractivity contribution is -0.141. The molecule has 0 bridgehead atoms. The fourth-order valence-corrected chi connectivity index (χ4v) is 2.63. The van der Waals surface area contributed by atoms with E-state index in [4.69, 9.17) is 14.2 Å². The highest BCUT2D eigenvalue weighted by Crippen LogP contribution is 2.35. The molecule has 0 fully saturated rings. The molecule has 1 N–H and O–H groups in total. The van der Waals surface area contributed by atoms with E-state index >= 15 is 0 Å². The lowest BCUT2D eigenvalue weighted by atomic mass is 10.2. The molecule has 1 aromatic carbocycles. The molecule has 3 aromatic rings. The third-order valence-corrected chi connectivity index (χ3v) is 3.98. The van der Waals surface area contributed by atoms with Gasteiger partial charge in [0.15, 0.2) is 23.0 Å². The van der Waals surface area contributed by atoms with Crippen LogP contribution in [0.5, 0.6) is 17.2 Å². The van der Waals surface area contributed by atoms with Crippen molar-refractivity contribution in [3.63, 3.8) is 0 Å². The molecule has 10 heteroatoms. The van der Waals surface area contributed by atoms with Gasteiger partial charge in [-0.3, -0.25) is 4.98 Å². The maximum absolute atomic E-state index is 13.2. The Morgan fingerprint density at radius 1 is 1.00 bits per heavy atom. The Hall–Kier alpha value is -3.56. The van der Waals surface area contributed by atoms with E-state index in [9.17, 15) is 13.2 Å². The van der Waals surface area contributed by atoms with Gasteiger partial charge < -0.3 is 19.5 Å². The summed E-state index contributed by atoms with van der Waals surface area (Å²) in [6.45, 7) is 0.601. The van der Waals surface area contributed by atoms with Crippen LogP contribution < -0.4 is 19.5 Å². The summed E-state index contributed by atoms with van der Waals surface area (Å²) >= 11 is 0. The number of benzene rings is 1. The number of hydrogen-bond acceptors (Lipinski definition) is 7. The quantitative estimate of drug-likeness (QED) is 0.627. The van der Waals surface area contributed by atoms with Gasteiger partial charge in [0, 0.05) is 30.1 Å². The topological polar surface area (TPSA) is 78.4 Å². The maximum Gasteiger partial charge on any atom is 0.433 e. The molecule has 0 saturated heterocycles. The number of nitrogens with zero attached hydrogens (tertiary/aromatic N) is 3. The van der Waals surface area contributed by atoms with E-state index in [0.717, 1.165) is 6.07 Å². The second-order valence-corrected chi connectivity index (χ2v) is 5.99. The molecule has 0 atom stereocenters. The molecule has 29 heavy (non-hydrogen) atoms. The van der Waals surface area contributed by atoms with Crippen LogP contribution in [0.25, 0.3) is 11.4 Å². The molecule has 7 nitrogen and oxygen atoms in total. The van der Waals surface area contributed by atoms with Crippen LogP contribution >= 0.6 is 0 Å². The summed E-state index contributed by atoms with van der Waals surface area (Å²) in [5.41, 5.74) is -0.593. The molecule has 1 aliphatic heterocycles. The summed E-state index contributed by atoms with van der Waals surface area (Å²) in [4.78, 5) is 11.6. The average Bonchev–Trinajstić information content (AvgIpc) is 3.19. The number of ether oxygens (including phenoxy) is 3. The van der Waals surface area contributed by atoms with Gasteiger partial charge in [0.25, 0.3) is 0 Å². The number of fused-ring (bicyclic) bond motifs is 1. The Morgan fingerprint density at radius 2 is 1.79 bits per heavy atom. The molecule has 0 aliphatic carbocycles. The number of aromatic nitrogens is 3. The van der Waals surface area contributed by atoms with E-state index in [1.807, 2.05) is 0 Å². The van der Waals surface area contributed by atoms with Crippen molar-refractivity contribution < 1.29 is 27.4 Å². The largest absolute Gasteiger partial charge is 0.492 e. The van der Waals surface area contributed by atoms with E-state index in [0.29, 0.717) is 22.8 Å². The van der Waals surface area contributed by atoms with Gasteiger partial charge in [-0.2, -0.15) is 13.2 Å². The first kappa shape index (κ1) is 18.8. The zero-order valence-corrected chi connectivity index (χ0v) is 14.9. The van der Waals surface area contributed by atoms with Crippen LogP contribution in [0.2, 0.25) is 0 Å². The highest BCUT2D eigenvalue weighted by Gasteiger charge is 2.33. The van der Waals surface area contributed by atoms with Crippen molar-refractivity contribution in [2.45, 2.75) is 6.18 Å². The normalized spacial score (nSPS) is 12.7. The van der Waals surface area contributed by atoms with Gasteiger partial charge >= 0.3 is 6.18 Å². The minimum Gasteiger partial charge on any atom is -0.492 e. The summed E-state index contributed by atoms with van der Waals surface area (Å²) in [7, 11) is 0. The Balaban J connectivity index is 1.43. The Kier molecular flexibility index (Phi) is 5.07. The van der Waals surface area contributed by atoms with Gasteiger partial charge in [0.2, 0.25) is 6.79 Å². The van der Waals surface area contributed by atoms with E-state index in [1.165, 1.54) is 12.4 Å². The number of nitrogens with one attached hydrogen (secondary N) is 1. The van der Waals surface area contributed by atoms with Crippen LogP contribution in [0.3, 0.4) is 0 Å². The number of pyridine rings is 1. The van der Waals surface area contributed by atoms with Gasteiger partial charge in [-0.15, -0.1) is 0 Å². The van der Waals surface area contributed by atoms with Crippen LogP contribution in [-0.2, 0) is 6.18 Å². The van der Waals surface area contributed by atoms with E-state index in [-0.39, 0.29) is 31.6 Å². The minimum atomic E-state index is -4.59. The standard InChI is InChI=1S/C19H15F3N4O3/c20-19(21,22)16-10-17(26-18(25-16)12-3-5-23-6-4-12)24-7-8-27-13-1-2-14-15(9-13)29-11-28-14/h1-6,9-10H,7-8,11H2,(H,24,25,26). The zero-order valence-electron chi connectivity index (χ0n) is 14.9. The Labute approximate surface area is 163 Å². The highest BCUT2D eigenvalue weighted by molar-refractivity contribution is 5.57. The average molecular weight is 404 g/mol. The Morgan fingerprint density at radius 3 is 2.59 bits per heavy atom. The molecule has 0 radical (unpaired) electrons. The van der Waals surface area contributed by atoms with E-state index in [1.54, 1.807) is 30.3 Å². The molecule has 0 unspecified atom stereocenters. The summed E-state index contributed by atoms with van der Waals surface area (Å²) in [6.07, 6.45) is -1.67. The molecular formula is C19H15F3N4O3. The lowest BCUT2D eigenvalue weighted by Gasteiger charge is -2.12.